The predicted molar refractivity (Wildman–Crippen MR) is 122 cm³/mol. The monoisotopic (exact) mass is 464 g/mol. The lowest BCUT2D eigenvalue weighted by molar-refractivity contribution is -0.118. The Morgan fingerprint density at radius 3 is 2.67 bits per heavy atom. The number of rotatable bonds is 5. The van der Waals surface area contributed by atoms with Gasteiger partial charge in [0.1, 0.15) is 11.3 Å². The molecule has 0 bridgehead atoms. The largest absolute Gasteiger partial charge is 0.483 e. The van der Waals surface area contributed by atoms with Crippen molar-refractivity contribution in [1.82, 2.24) is 4.98 Å². The number of hydrogen-bond acceptors (Lipinski definition) is 4. The predicted octanol–water partition coefficient (Wildman–Crippen LogP) is 6.60. The van der Waals surface area contributed by atoms with E-state index in [0.29, 0.717) is 22.5 Å². The summed E-state index contributed by atoms with van der Waals surface area (Å²) < 4.78 is 38.3. The Kier molecular flexibility index (Phi) is 5.40. The Labute approximate surface area is 191 Å². The van der Waals surface area contributed by atoms with Gasteiger partial charge in [0.15, 0.2) is 23.8 Å². The number of benzene rings is 4. The molecule has 5 nitrogen and oxygen atoms in total. The Balaban J connectivity index is 1.32. The normalized spacial score (nSPS) is 11.1. The van der Waals surface area contributed by atoms with Crippen LogP contribution in [-0.4, -0.2) is 17.5 Å². The van der Waals surface area contributed by atoms with Crippen LogP contribution in [0.15, 0.2) is 77.2 Å². The molecule has 1 aromatic heterocycles. The number of hydrogen-bond donors (Lipinski definition) is 1. The van der Waals surface area contributed by atoms with Crippen LogP contribution < -0.4 is 10.1 Å². The maximum atomic E-state index is 13.6. The van der Waals surface area contributed by atoms with Gasteiger partial charge in [0.2, 0.25) is 5.89 Å². The molecule has 5 aromatic rings. The lowest BCUT2D eigenvalue weighted by Gasteiger charge is -2.09. The third-order valence-corrected chi connectivity index (χ3v) is 5.33. The van der Waals surface area contributed by atoms with Crippen LogP contribution in [0.2, 0.25) is 5.02 Å². The zero-order valence-corrected chi connectivity index (χ0v) is 17.7. The molecule has 1 amide bonds. The van der Waals surface area contributed by atoms with Gasteiger partial charge in [0, 0.05) is 11.1 Å². The average Bonchev–Trinajstić information content (AvgIpc) is 3.23. The van der Waals surface area contributed by atoms with Crippen molar-refractivity contribution in [3.05, 3.63) is 89.5 Å². The lowest BCUT2D eigenvalue weighted by atomic mass is 10.1. The SMILES string of the molecule is O=C(COc1cccc2ccccc12)Nc1ccc2oc(-c3cc(F)c(F)cc3Cl)nc2c1. The number of nitrogens with one attached hydrogen (secondary N) is 1. The van der Waals surface area contributed by atoms with Crippen molar-refractivity contribution < 1.29 is 22.7 Å². The Bertz CT molecular complexity index is 1510. The van der Waals surface area contributed by atoms with Crippen LogP contribution in [0.5, 0.6) is 5.75 Å². The summed E-state index contributed by atoms with van der Waals surface area (Å²) >= 11 is 6.01. The molecule has 33 heavy (non-hydrogen) atoms. The average molecular weight is 465 g/mol. The number of carbonyl (C=O) groups excluding carboxylic acids is 1. The van der Waals surface area contributed by atoms with E-state index in [2.05, 4.69) is 10.3 Å². The number of halogens is 3. The summed E-state index contributed by atoms with van der Waals surface area (Å²) in [5.41, 5.74) is 1.42. The van der Waals surface area contributed by atoms with Crippen LogP contribution in [0.25, 0.3) is 33.3 Å². The second kappa shape index (κ2) is 8.52. The van der Waals surface area contributed by atoms with Crippen molar-refractivity contribution in [2.45, 2.75) is 0 Å². The molecule has 0 saturated heterocycles. The van der Waals surface area contributed by atoms with Gasteiger partial charge in [-0.25, -0.2) is 13.8 Å². The van der Waals surface area contributed by atoms with Gasteiger partial charge in [-0.05, 0) is 41.8 Å². The zero-order chi connectivity index (χ0) is 22.9. The first kappa shape index (κ1) is 20.9. The fourth-order valence-corrected chi connectivity index (χ4v) is 3.70. The van der Waals surface area contributed by atoms with Crippen molar-refractivity contribution in [2.75, 3.05) is 11.9 Å². The number of carbonyl (C=O) groups is 1. The van der Waals surface area contributed by atoms with Gasteiger partial charge in [0.25, 0.3) is 5.91 Å². The number of fused-ring (bicyclic) bond motifs is 2. The molecule has 1 N–H and O–H groups in total. The summed E-state index contributed by atoms with van der Waals surface area (Å²) in [5.74, 6) is -1.82. The molecular formula is C25H15ClF2N2O3. The van der Waals surface area contributed by atoms with Gasteiger partial charge in [-0.2, -0.15) is 0 Å². The van der Waals surface area contributed by atoms with Crippen LogP contribution in [0.4, 0.5) is 14.5 Å². The maximum absolute atomic E-state index is 13.6. The van der Waals surface area contributed by atoms with Crippen LogP contribution in [0, 0.1) is 11.6 Å². The van der Waals surface area contributed by atoms with Gasteiger partial charge in [-0.1, -0.05) is 48.0 Å². The van der Waals surface area contributed by atoms with E-state index in [4.69, 9.17) is 20.8 Å². The third-order valence-electron chi connectivity index (χ3n) is 5.02. The van der Waals surface area contributed by atoms with E-state index in [-0.39, 0.29) is 29.0 Å². The molecule has 0 unspecified atom stereocenters. The summed E-state index contributed by atoms with van der Waals surface area (Å²) in [6.45, 7) is -0.180. The quantitative estimate of drug-likeness (QED) is 0.298. The minimum atomic E-state index is -1.06. The summed E-state index contributed by atoms with van der Waals surface area (Å²) in [7, 11) is 0. The number of oxazole rings is 1. The maximum Gasteiger partial charge on any atom is 0.262 e. The molecule has 0 aliphatic rings. The van der Waals surface area contributed by atoms with Crippen molar-refractivity contribution in [3.63, 3.8) is 0 Å². The Morgan fingerprint density at radius 2 is 1.79 bits per heavy atom. The minimum absolute atomic E-state index is 0.0282. The fraction of sp³-hybridized carbons (Fsp3) is 0.0400. The minimum Gasteiger partial charge on any atom is -0.483 e. The Morgan fingerprint density at radius 1 is 1.00 bits per heavy atom. The summed E-state index contributed by atoms with van der Waals surface area (Å²) in [5, 5.41) is 4.65. The van der Waals surface area contributed by atoms with E-state index >= 15 is 0 Å². The van der Waals surface area contributed by atoms with Gasteiger partial charge in [0.05, 0.1) is 10.6 Å². The van der Waals surface area contributed by atoms with Crippen molar-refractivity contribution in [2.24, 2.45) is 0 Å². The second-order valence-electron chi connectivity index (χ2n) is 7.26. The number of aromatic nitrogens is 1. The molecular weight excluding hydrogens is 450 g/mol. The molecule has 0 aliphatic heterocycles. The van der Waals surface area contributed by atoms with Crippen molar-refractivity contribution in [1.29, 1.82) is 0 Å². The lowest BCUT2D eigenvalue weighted by Crippen LogP contribution is -2.20. The topological polar surface area (TPSA) is 64.4 Å². The molecule has 8 heteroatoms. The highest BCUT2D eigenvalue weighted by Gasteiger charge is 2.16. The van der Waals surface area contributed by atoms with Crippen LogP contribution in [0.3, 0.4) is 0 Å². The number of ether oxygens (including phenoxy) is 1. The highest BCUT2D eigenvalue weighted by atomic mass is 35.5. The smallest absolute Gasteiger partial charge is 0.262 e. The number of nitrogens with zero attached hydrogens (tertiary/aromatic N) is 1. The molecule has 0 aliphatic carbocycles. The number of amides is 1. The highest BCUT2D eigenvalue weighted by Crippen LogP contribution is 2.32. The molecule has 4 aromatic carbocycles. The molecule has 5 rings (SSSR count). The first-order valence-corrected chi connectivity index (χ1v) is 10.3. The summed E-state index contributed by atoms with van der Waals surface area (Å²) in [6.07, 6.45) is 0. The number of anilines is 1. The molecule has 1 heterocycles. The van der Waals surface area contributed by atoms with E-state index in [9.17, 15) is 13.6 Å². The zero-order valence-electron chi connectivity index (χ0n) is 16.9. The summed E-state index contributed by atoms with van der Waals surface area (Å²) in [4.78, 5) is 16.7. The first-order valence-electron chi connectivity index (χ1n) is 9.94. The van der Waals surface area contributed by atoms with E-state index in [1.54, 1.807) is 18.2 Å². The molecule has 0 atom stereocenters. The molecule has 164 valence electrons. The molecule has 0 spiro atoms. The van der Waals surface area contributed by atoms with Crippen LogP contribution >= 0.6 is 11.6 Å². The van der Waals surface area contributed by atoms with E-state index < -0.39 is 11.6 Å². The van der Waals surface area contributed by atoms with E-state index in [1.807, 2.05) is 42.5 Å². The standard InChI is InChI=1S/C25H15ClF2N2O3/c26-18-12-20(28)19(27)11-17(18)25-30-21-10-15(8-9-23(21)33-25)29-24(31)13-32-22-7-3-5-14-4-1-2-6-16(14)22/h1-12H,13H2,(H,29,31). The van der Waals surface area contributed by atoms with Crippen LogP contribution in [0.1, 0.15) is 0 Å². The molecule has 0 saturated carbocycles. The fourth-order valence-electron chi connectivity index (χ4n) is 3.47. The molecule has 0 fully saturated rings. The molecule has 0 radical (unpaired) electrons. The highest BCUT2D eigenvalue weighted by molar-refractivity contribution is 6.33. The van der Waals surface area contributed by atoms with Gasteiger partial charge in [-0.3, -0.25) is 4.79 Å². The van der Waals surface area contributed by atoms with Crippen LogP contribution in [-0.2, 0) is 4.79 Å². The van der Waals surface area contributed by atoms with Gasteiger partial charge >= 0.3 is 0 Å². The Hall–Kier alpha value is -3.97. The summed E-state index contributed by atoms with van der Waals surface area (Å²) in [6, 6.07) is 20.0. The van der Waals surface area contributed by atoms with Gasteiger partial charge < -0.3 is 14.5 Å². The van der Waals surface area contributed by atoms with Gasteiger partial charge in [-0.15, -0.1) is 0 Å². The third kappa shape index (κ3) is 4.23. The van der Waals surface area contributed by atoms with E-state index in [1.165, 1.54) is 0 Å². The van der Waals surface area contributed by atoms with Crippen molar-refractivity contribution >= 4 is 45.1 Å². The van der Waals surface area contributed by atoms with E-state index in [0.717, 1.165) is 22.9 Å². The first-order chi connectivity index (χ1) is 16.0. The van der Waals surface area contributed by atoms with Crippen molar-refractivity contribution in [3.8, 4) is 17.2 Å². The second-order valence-corrected chi connectivity index (χ2v) is 7.67.